The van der Waals surface area contributed by atoms with Gasteiger partial charge in [0.1, 0.15) is 28.7 Å². The molecule has 4 amide bonds. The molecule has 2 aliphatic carbocycles. The second-order valence-electron chi connectivity index (χ2n) is 17.8. The highest BCUT2D eigenvalue weighted by Crippen LogP contribution is 2.42. The summed E-state index contributed by atoms with van der Waals surface area (Å²) in [6.45, 7) is 8.38. The number of thioether (sulfide) groups is 1. The summed E-state index contributed by atoms with van der Waals surface area (Å²) in [7, 11) is 3.24. The molecule has 1 saturated heterocycles. The lowest BCUT2D eigenvalue weighted by Crippen LogP contribution is -2.61. The number of hydrogen-bond donors (Lipinski definition) is 6. The van der Waals surface area contributed by atoms with Gasteiger partial charge in [0.05, 0.1) is 35.1 Å². The fourth-order valence-electron chi connectivity index (χ4n) is 8.52. The minimum absolute atomic E-state index is 0.138. The molecule has 66 heavy (non-hydrogen) atoms. The Morgan fingerprint density at radius 3 is 2.53 bits per heavy atom. The van der Waals surface area contributed by atoms with Crippen molar-refractivity contribution in [2.45, 2.75) is 94.8 Å². The van der Waals surface area contributed by atoms with Crippen molar-refractivity contribution in [3.8, 4) is 16.2 Å². The first-order chi connectivity index (χ1) is 31.7. The van der Waals surface area contributed by atoms with E-state index in [0.717, 1.165) is 53.3 Å². The van der Waals surface area contributed by atoms with Crippen LogP contribution < -0.4 is 36.6 Å². The zero-order valence-corrected chi connectivity index (χ0v) is 40.5. The molecule has 4 atom stereocenters. The highest BCUT2D eigenvalue weighted by Gasteiger charge is 2.54. The first-order valence-corrected chi connectivity index (χ1v) is 24.8. The monoisotopic (exact) mass is 962 g/mol. The Kier molecular flexibility index (Phi) is 16.1. The van der Waals surface area contributed by atoms with Crippen LogP contribution in [0.3, 0.4) is 0 Å². The smallest absolute Gasteiger partial charge is 0.258 e. The highest BCUT2D eigenvalue weighted by molar-refractivity contribution is 8.00. The SMILES string of the molecule is CNc1nc(Nc2ccc(C(=O)NCCNCC3CCC(CSC(C)(C)C(NC(=O)C4(F)CC4)C(=O)N4CCC[C@H]4C(=O)NCc4ccc(-c5scnc5C)cc4)C3)cc2OC)ncc1Cl. The van der Waals surface area contributed by atoms with Crippen molar-refractivity contribution in [2.24, 2.45) is 11.8 Å². The van der Waals surface area contributed by atoms with Crippen molar-refractivity contribution in [1.82, 2.24) is 41.1 Å². The number of halogens is 2. The number of ether oxygens (including phenoxy) is 1. The molecule has 2 saturated carbocycles. The third-order valence-corrected chi connectivity index (χ3v) is 15.5. The van der Waals surface area contributed by atoms with E-state index in [1.54, 1.807) is 53.2 Å². The molecule has 3 aliphatic rings. The molecule has 2 aromatic carbocycles. The van der Waals surface area contributed by atoms with Gasteiger partial charge in [-0.2, -0.15) is 16.7 Å². The summed E-state index contributed by atoms with van der Waals surface area (Å²) < 4.78 is 19.8. The summed E-state index contributed by atoms with van der Waals surface area (Å²) in [4.78, 5) is 69.8. The Morgan fingerprint density at radius 1 is 1.05 bits per heavy atom. The van der Waals surface area contributed by atoms with E-state index in [9.17, 15) is 19.2 Å². The molecule has 3 heterocycles. The van der Waals surface area contributed by atoms with Crippen LogP contribution in [0.25, 0.3) is 10.4 Å². The number of carbonyl (C=O) groups is 4. The predicted octanol–water partition coefficient (Wildman–Crippen LogP) is 6.90. The molecule has 7 rings (SSSR count). The van der Waals surface area contributed by atoms with E-state index in [4.69, 9.17) is 16.3 Å². The van der Waals surface area contributed by atoms with E-state index >= 15 is 4.39 Å². The van der Waals surface area contributed by atoms with Gasteiger partial charge in [-0.1, -0.05) is 35.9 Å². The Labute approximate surface area is 399 Å². The van der Waals surface area contributed by atoms with Gasteiger partial charge in [-0.3, -0.25) is 19.2 Å². The molecule has 2 aromatic heterocycles. The van der Waals surface area contributed by atoms with Gasteiger partial charge in [-0.05, 0) is 119 Å². The number of alkyl halides is 1. The highest BCUT2D eigenvalue weighted by atomic mass is 35.5. The molecule has 15 nitrogen and oxygen atoms in total. The minimum atomic E-state index is -1.95. The Hall–Kier alpha value is -5.04. The Balaban J connectivity index is 0.862. The molecule has 4 aromatic rings. The maximum absolute atomic E-state index is 15.1. The quantitative estimate of drug-likeness (QED) is 0.0475. The number of amides is 4. The van der Waals surface area contributed by atoms with Crippen LogP contribution in [0.15, 0.2) is 54.2 Å². The molecule has 19 heteroatoms. The van der Waals surface area contributed by atoms with Crippen LogP contribution in [-0.4, -0.2) is 112 Å². The summed E-state index contributed by atoms with van der Waals surface area (Å²) >= 11 is 9.31. The maximum atomic E-state index is 15.1. The molecular weight excluding hydrogens is 903 g/mol. The van der Waals surface area contributed by atoms with Crippen LogP contribution in [0.4, 0.5) is 21.8 Å². The summed E-state index contributed by atoms with van der Waals surface area (Å²) in [5, 5.41) is 18.7. The molecule has 3 unspecified atom stereocenters. The maximum Gasteiger partial charge on any atom is 0.258 e. The van der Waals surface area contributed by atoms with Gasteiger partial charge >= 0.3 is 0 Å². The summed E-state index contributed by atoms with van der Waals surface area (Å²) in [6.07, 6.45) is 6.00. The second-order valence-corrected chi connectivity index (χ2v) is 20.8. The van der Waals surface area contributed by atoms with Gasteiger partial charge in [0.2, 0.25) is 17.8 Å². The van der Waals surface area contributed by atoms with Crippen LogP contribution in [0.2, 0.25) is 5.02 Å². The number of aryl methyl sites for hydroxylation is 1. The summed E-state index contributed by atoms with van der Waals surface area (Å²) in [5.74, 6) is 1.30. The van der Waals surface area contributed by atoms with Crippen molar-refractivity contribution >= 4 is 75.8 Å². The molecule has 0 spiro atoms. The molecule has 3 fully saturated rings. The normalized spacial score (nSPS) is 19.2. The standard InChI is InChI=1S/C47H60ClFN10O5S2/c1-28-38(65-27-55-28)32-12-10-29(11-13-32)24-53-42(61)36-7-6-20-59(36)43(62)39(57-44(63)47(49)16-17-47)46(2,3)66-26-31-9-8-30(21-31)23-51-18-19-52-41(60)33-14-15-35(37(22-33)64-5)56-45-54-25-34(48)40(50-4)58-45/h10-15,22,25,27,30-31,36,39,51H,6-9,16-21,23-24,26H2,1-5H3,(H,52,60)(H,53,61)(H,57,63)(H2,50,54,56,58)/t30?,31?,36-,39?/m0/s1. The largest absolute Gasteiger partial charge is 0.495 e. The first-order valence-electron chi connectivity index (χ1n) is 22.5. The minimum Gasteiger partial charge on any atom is -0.495 e. The van der Waals surface area contributed by atoms with Crippen molar-refractivity contribution < 1.29 is 28.3 Å². The number of hydrogen-bond acceptors (Lipinski definition) is 13. The van der Waals surface area contributed by atoms with Gasteiger partial charge in [0.15, 0.2) is 5.67 Å². The lowest BCUT2D eigenvalue weighted by Gasteiger charge is -2.38. The van der Waals surface area contributed by atoms with E-state index in [-0.39, 0.29) is 30.6 Å². The van der Waals surface area contributed by atoms with Crippen molar-refractivity contribution in [3.05, 3.63) is 76.0 Å². The van der Waals surface area contributed by atoms with Gasteiger partial charge in [0, 0.05) is 43.5 Å². The number of likely N-dealkylation sites (tertiary alicyclic amines) is 1. The van der Waals surface area contributed by atoms with Gasteiger partial charge in [-0.25, -0.2) is 14.4 Å². The number of methoxy groups -OCH3 is 1. The van der Waals surface area contributed by atoms with E-state index in [1.165, 1.54) is 13.3 Å². The third-order valence-electron chi connectivity index (χ3n) is 12.6. The first kappa shape index (κ1) is 48.9. The molecule has 0 bridgehead atoms. The summed E-state index contributed by atoms with van der Waals surface area (Å²) in [6, 6.07) is 11.4. The fourth-order valence-corrected chi connectivity index (χ4v) is 10.8. The van der Waals surface area contributed by atoms with Crippen LogP contribution >= 0.6 is 34.7 Å². The number of anilines is 3. The third kappa shape index (κ3) is 12.1. The lowest BCUT2D eigenvalue weighted by molar-refractivity contribution is -0.143. The van der Waals surface area contributed by atoms with E-state index in [2.05, 4.69) is 46.9 Å². The Morgan fingerprint density at radius 2 is 1.82 bits per heavy atom. The molecule has 1 aliphatic heterocycles. The zero-order chi connectivity index (χ0) is 47.0. The van der Waals surface area contributed by atoms with Gasteiger partial charge in [0.25, 0.3) is 11.8 Å². The molecule has 354 valence electrons. The second kappa shape index (κ2) is 21.7. The predicted molar refractivity (Wildman–Crippen MR) is 259 cm³/mol. The molecule has 0 radical (unpaired) electrons. The number of nitrogens with zero attached hydrogens (tertiary/aromatic N) is 4. The van der Waals surface area contributed by atoms with Crippen LogP contribution in [-0.2, 0) is 20.9 Å². The number of nitrogens with one attached hydrogen (secondary N) is 6. The van der Waals surface area contributed by atoms with Crippen molar-refractivity contribution in [3.63, 3.8) is 0 Å². The number of carbonyl (C=O) groups excluding carboxylic acids is 4. The zero-order valence-electron chi connectivity index (χ0n) is 38.1. The van der Waals surface area contributed by atoms with Crippen LogP contribution in [0.1, 0.15) is 80.4 Å². The lowest BCUT2D eigenvalue weighted by atomic mass is 10.00. The summed E-state index contributed by atoms with van der Waals surface area (Å²) in [5.41, 5.74) is 3.90. The van der Waals surface area contributed by atoms with Gasteiger partial charge in [-0.15, -0.1) is 11.3 Å². The van der Waals surface area contributed by atoms with Gasteiger partial charge < -0.3 is 41.5 Å². The van der Waals surface area contributed by atoms with Crippen molar-refractivity contribution in [1.29, 1.82) is 0 Å². The number of rotatable bonds is 21. The van der Waals surface area contributed by atoms with E-state index in [0.29, 0.717) is 84.6 Å². The van der Waals surface area contributed by atoms with Crippen molar-refractivity contribution in [2.75, 3.05) is 56.7 Å². The van der Waals surface area contributed by atoms with Crippen LogP contribution in [0.5, 0.6) is 5.75 Å². The average Bonchev–Trinajstić information content (AvgIpc) is 3.66. The van der Waals surface area contributed by atoms with Crippen LogP contribution in [0, 0.1) is 18.8 Å². The van der Waals surface area contributed by atoms with E-state index in [1.807, 2.05) is 50.5 Å². The van der Waals surface area contributed by atoms with E-state index < -0.39 is 28.4 Å². The topological polar surface area (TPSA) is 192 Å². The number of thiazole rings is 1. The molecule has 6 N–H and O–H groups in total. The average molecular weight is 964 g/mol. The fraction of sp³-hybridized carbons (Fsp3) is 0.511. The Bertz CT molecular complexity index is 2370. The molecular formula is C47H60ClFN10O5S2. The number of aromatic nitrogens is 3. The number of benzene rings is 2.